The molecular formula is C32H39Cl2N3O4S. The van der Waals surface area contributed by atoms with E-state index in [1.807, 2.05) is 63.2 Å². The van der Waals surface area contributed by atoms with Crippen LogP contribution < -0.4 is 9.62 Å². The summed E-state index contributed by atoms with van der Waals surface area (Å²) < 4.78 is 26.7. The zero-order valence-electron chi connectivity index (χ0n) is 24.6. The van der Waals surface area contributed by atoms with Crippen LogP contribution in [0.4, 0.5) is 5.69 Å². The number of rotatable bonds is 14. The number of carbonyl (C=O) groups is 2. The first-order chi connectivity index (χ1) is 19.9. The van der Waals surface area contributed by atoms with E-state index in [-0.39, 0.29) is 37.7 Å². The Morgan fingerprint density at radius 3 is 2.24 bits per heavy atom. The number of halogens is 2. The Kier molecular flexibility index (Phi) is 12.3. The number of hydrogen-bond donors (Lipinski definition) is 1. The molecule has 42 heavy (non-hydrogen) atoms. The van der Waals surface area contributed by atoms with E-state index < -0.39 is 16.1 Å². The van der Waals surface area contributed by atoms with Crippen LogP contribution in [-0.2, 0) is 32.6 Å². The van der Waals surface area contributed by atoms with E-state index in [0.717, 1.165) is 34.9 Å². The summed E-state index contributed by atoms with van der Waals surface area (Å²) in [5.41, 5.74) is 4.24. The lowest BCUT2D eigenvalue weighted by atomic mass is 10.0. The number of anilines is 1. The van der Waals surface area contributed by atoms with E-state index in [1.54, 1.807) is 29.2 Å². The van der Waals surface area contributed by atoms with Gasteiger partial charge in [-0.05, 0) is 73.2 Å². The molecule has 0 radical (unpaired) electrons. The zero-order chi connectivity index (χ0) is 30.9. The molecule has 0 unspecified atom stereocenters. The van der Waals surface area contributed by atoms with Crippen LogP contribution in [0.2, 0.25) is 10.0 Å². The van der Waals surface area contributed by atoms with Crippen molar-refractivity contribution >= 4 is 50.7 Å². The molecule has 3 rings (SSSR count). The average Bonchev–Trinajstić information content (AvgIpc) is 2.95. The number of nitrogens with one attached hydrogen (secondary N) is 1. The third-order valence-electron chi connectivity index (χ3n) is 7.09. The van der Waals surface area contributed by atoms with Gasteiger partial charge >= 0.3 is 0 Å². The number of nitrogens with zero attached hydrogens (tertiary/aromatic N) is 2. The first-order valence-electron chi connectivity index (χ1n) is 14.0. The highest BCUT2D eigenvalue weighted by molar-refractivity contribution is 7.92. The summed E-state index contributed by atoms with van der Waals surface area (Å²) in [5.74, 6) is -0.510. The smallest absolute Gasteiger partial charge is 0.243 e. The van der Waals surface area contributed by atoms with Gasteiger partial charge in [-0.15, -0.1) is 0 Å². The molecule has 0 aromatic heterocycles. The summed E-state index contributed by atoms with van der Waals surface area (Å²) in [6.07, 6.45) is 2.55. The number of carbonyl (C=O) groups excluding carboxylic acids is 2. The minimum absolute atomic E-state index is 0.0462. The minimum atomic E-state index is -3.59. The number of sulfonamides is 1. The van der Waals surface area contributed by atoms with Gasteiger partial charge in [0.25, 0.3) is 0 Å². The number of hydrogen-bond acceptors (Lipinski definition) is 4. The Morgan fingerprint density at radius 1 is 0.905 bits per heavy atom. The summed E-state index contributed by atoms with van der Waals surface area (Å²) >= 11 is 12.4. The van der Waals surface area contributed by atoms with Crippen molar-refractivity contribution in [3.05, 3.63) is 99.0 Å². The standard InChI is InChI=1S/C32H39Cl2N3O4S/c1-5-17-35-32(39)30(21-25-10-7-6-8-11-25)36(22-26-14-16-28(33)29(34)20-26)31(38)12-9-18-37(42(4,40)41)27-15-13-23(2)24(3)19-27/h6-8,10-11,13-16,19-20,30H,5,9,12,17-18,21-22H2,1-4H3,(H,35,39)/t30-/m0/s1. The fraction of sp³-hybridized carbons (Fsp3) is 0.375. The van der Waals surface area contributed by atoms with E-state index in [1.165, 1.54) is 4.31 Å². The molecule has 0 saturated heterocycles. The van der Waals surface area contributed by atoms with Gasteiger partial charge in [0.05, 0.1) is 22.0 Å². The highest BCUT2D eigenvalue weighted by Crippen LogP contribution is 2.25. The Hall–Kier alpha value is -3.07. The molecule has 0 aliphatic rings. The normalized spacial score (nSPS) is 12.0. The molecule has 0 heterocycles. The van der Waals surface area contributed by atoms with Crippen LogP contribution in [0.5, 0.6) is 0 Å². The monoisotopic (exact) mass is 631 g/mol. The van der Waals surface area contributed by atoms with Gasteiger partial charge < -0.3 is 10.2 Å². The van der Waals surface area contributed by atoms with Gasteiger partial charge in [0, 0.05) is 32.5 Å². The maximum atomic E-state index is 13.9. The summed E-state index contributed by atoms with van der Waals surface area (Å²) in [6, 6.07) is 19.4. The molecule has 3 aromatic carbocycles. The molecule has 0 aliphatic carbocycles. The molecular weight excluding hydrogens is 593 g/mol. The molecule has 0 spiro atoms. The largest absolute Gasteiger partial charge is 0.354 e. The van der Waals surface area contributed by atoms with Gasteiger partial charge in [-0.25, -0.2) is 8.42 Å². The van der Waals surface area contributed by atoms with E-state index in [9.17, 15) is 18.0 Å². The lowest BCUT2D eigenvalue weighted by Crippen LogP contribution is -2.50. The molecule has 3 aromatic rings. The SMILES string of the molecule is CCCNC(=O)[C@H](Cc1ccccc1)N(Cc1ccc(Cl)c(Cl)c1)C(=O)CCCN(c1ccc(C)c(C)c1)S(C)(=O)=O. The fourth-order valence-corrected chi connectivity index (χ4v) is 5.92. The second kappa shape index (κ2) is 15.4. The second-order valence-corrected chi connectivity index (χ2v) is 13.2. The summed E-state index contributed by atoms with van der Waals surface area (Å²) in [7, 11) is -3.59. The average molecular weight is 633 g/mol. The highest BCUT2D eigenvalue weighted by atomic mass is 35.5. The van der Waals surface area contributed by atoms with E-state index >= 15 is 0 Å². The van der Waals surface area contributed by atoms with Crippen LogP contribution in [0, 0.1) is 13.8 Å². The van der Waals surface area contributed by atoms with Crippen molar-refractivity contribution in [3.8, 4) is 0 Å². The van der Waals surface area contributed by atoms with E-state index in [4.69, 9.17) is 23.2 Å². The molecule has 1 N–H and O–H groups in total. The third kappa shape index (κ3) is 9.48. The lowest BCUT2D eigenvalue weighted by Gasteiger charge is -2.32. The van der Waals surface area contributed by atoms with Gasteiger partial charge in [0.2, 0.25) is 21.8 Å². The lowest BCUT2D eigenvalue weighted by molar-refractivity contribution is -0.141. The van der Waals surface area contributed by atoms with Gasteiger partial charge in [0.1, 0.15) is 6.04 Å². The maximum Gasteiger partial charge on any atom is 0.243 e. The third-order valence-corrected chi connectivity index (χ3v) is 9.02. The topological polar surface area (TPSA) is 86.8 Å². The van der Waals surface area contributed by atoms with Gasteiger partial charge in [-0.2, -0.15) is 0 Å². The Morgan fingerprint density at radius 2 is 1.62 bits per heavy atom. The Balaban J connectivity index is 1.90. The molecule has 0 fully saturated rings. The molecule has 2 amide bonds. The van der Waals surface area contributed by atoms with Crippen molar-refractivity contribution in [2.24, 2.45) is 0 Å². The van der Waals surface area contributed by atoms with E-state index in [2.05, 4.69) is 5.32 Å². The van der Waals surface area contributed by atoms with Gasteiger partial charge in [-0.3, -0.25) is 13.9 Å². The van der Waals surface area contributed by atoms with Crippen LogP contribution in [-0.4, -0.2) is 50.5 Å². The van der Waals surface area contributed by atoms with Crippen molar-refractivity contribution in [1.82, 2.24) is 10.2 Å². The summed E-state index contributed by atoms with van der Waals surface area (Å²) in [4.78, 5) is 28.9. The van der Waals surface area contributed by atoms with Gasteiger partial charge in [0.15, 0.2) is 0 Å². The fourth-order valence-electron chi connectivity index (χ4n) is 4.64. The molecule has 226 valence electrons. The molecule has 1 atom stereocenters. The Labute approximate surface area is 259 Å². The van der Waals surface area contributed by atoms with Crippen molar-refractivity contribution in [1.29, 1.82) is 0 Å². The van der Waals surface area contributed by atoms with Crippen LogP contribution in [0.25, 0.3) is 0 Å². The van der Waals surface area contributed by atoms with Crippen molar-refractivity contribution in [3.63, 3.8) is 0 Å². The summed E-state index contributed by atoms with van der Waals surface area (Å²) in [5, 5.41) is 3.70. The second-order valence-electron chi connectivity index (χ2n) is 10.5. The predicted octanol–water partition coefficient (Wildman–Crippen LogP) is 6.32. The predicted molar refractivity (Wildman–Crippen MR) is 172 cm³/mol. The minimum Gasteiger partial charge on any atom is -0.354 e. The summed E-state index contributed by atoms with van der Waals surface area (Å²) in [6.45, 7) is 6.61. The molecule has 10 heteroatoms. The number of amides is 2. The molecule has 7 nitrogen and oxygen atoms in total. The first kappa shape index (κ1) is 33.4. The van der Waals surface area contributed by atoms with Crippen LogP contribution in [0.15, 0.2) is 66.7 Å². The maximum absolute atomic E-state index is 13.9. The van der Waals surface area contributed by atoms with E-state index in [0.29, 0.717) is 28.7 Å². The molecule has 0 aliphatic heterocycles. The number of benzene rings is 3. The van der Waals surface area contributed by atoms with Gasteiger partial charge in [-0.1, -0.05) is 72.6 Å². The van der Waals surface area contributed by atoms with Crippen LogP contribution in [0.1, 0.15) is 48.4 Å². The van der Waals surface area contributed by atoms with Crippen LogP contribution in [0.3, 0.4) is 0 Å². The first-order valence-corrected chi connectivity index (χ1v) is 16.6. The van der Waals surface area contributed by atoms with Crippen molar-refractivity contribution in [2.75, 3.05) is 23.7 Å². The molecule has 0 bridgehead atoms. The quantitative estimate of drug-likeness (QED) is 0.225. The molecule has 0 saturated carbocycles. The highest BCUT2D eigenvalue weighted by Gasteiger charge is 2.30. The van der Waals surface area contributed by atoms with Crippen molar-refractivity contribution < 1.29 is 18.0 Å². The Bertz CT molecular complexity index is 1480. The van der Waals surface area contributed by atoms with Crippen molar-refractivity contribution in [2.45, 2.75) is 59.0 Å². The zero-order valence-corrected chi connectivity index (χ0v) is 26.9. The number of aryl methyl sites for hydroxylation is 2. The van der Waals surface area contributed by atoms with Crippen LogP contribution >= 0.6 is 23.2 Å².